The summed E-state index contributed by atoms with van der Waals surface area (Å²) in [5, 5.41) is 3.56. The molecule has 1 N–H and O–H groups in total. The Morgan fingerprint density at radius 3 is 2.23 bits per heavy atom. The summed E-state index contributed by atoms with van der Waals surface area (Å²) >= 11 is 12.2. The lowest BCUT2D eigenvalue weighted by Crippen LogP contribution is -2.54. The average Bonchev–Trinajstić information content (AvgIpc) is 2.72. The lowest BCUT2D eigenvalue weighted by atomic mass is 10.1. The number of carbonyl (C=O) groups is 2. The topological polar surface area (TPSA) is 86.8 Å². The zero-order valence-electron chi connectivity index (χ0n) is 21.1. The first-order chi connectivity index (χ1) is 16.0. The quantitative estimate of drug-likeness (QED) is 0.524. The molecular formula is C25H33Cl2N3O4S. The van der Waals surface area contributed by atoms with E-state index in [-0.39, 0.29) is 12.5 Å². The molecule has 2 amide bonds. The van der Waals surface area contributed by atoms with Gasteiger partial charge >= 0.3 is 0 Å². The van der Waals surface area contributed by atoms with Gasteiger partial charge in [-0.1, -0.05) is 41.4 Å². The van der Waals surface area contributed by atoms with Gasteiger partial charge in [0.05, 0.1) is 22.0 Å². The second-order valence-corrected chi connectivity index (χ2v) is 12.4. The summed E-state index contributed by atoms with van der Waals surface area (Å²) in [5.41, 5.74) is 2.21. The van der Waals surface area contributed by atoms with Crippen molar-refractivity contribution in [2.24, 2.45) is 0 Å². The highest BCUT2D eigenvalue weighted by Crippen LogP contribution is 2.26. The number of hydrogen-bond donors (Lipinski definition) is 1. The summed E-state index contributed by atoms with van der Waals surface area (Å²) in [6.07, 6.45) is 1.06. The number of halogens is 2. The number of nitrogens with zero attached hydrogens (tertiary/aromatic N) is 2. The van der Waals surface area contributed by atoms with Gasteiger partial charge in [-0.15, -0.1) is 0 Å². The third kappa shape index (κ3) is 7.85. The Labute approximate surface area is 218 Å². The molecule has 0 radical (unpaired) electrons. The van der Waals surface area contributed by atoms with E-state index in [2.05, 4.69) is 5.32 Å². The highest BCUT2D eigenvalue weighted by atomic mass is 35.5. The van der Waals surface area contributed by atoms with Crippen molar-refractivity contribution in [3.8, 4) is 0 Å². The van der Waals surface area contributed by atoms with E-state index in [4.69, 9.17) is 23.2 Å². The lowest BCUT2D eigenvalue weighted by molar-refractivity contribution is -0.140. The van der Waals surface area contributed by atoms with Gasteiger partial charge in [0.25, 0.3) is 0 Å². The van der Waals surface area contributed by atoms with Crippen molar-refractivity contribution in [1.82, 2.24) is 10.2 Å². The van der Waals surface area contributed by atoms with Gasteiger partial charge in [0.15, 0.2) is 0 Å². The fourth-order valence-corrected chi connectivity index (χ4v) is 4.71. The van der Waals surface area contributed by atoms with Crippen LogP contribution in [-0.2, 0) is 26.2 Å². The maximum absolute atomic E-state index is 13.6. The van der Waals surface area contributed by atoms with E-state index >= 15 is 0 Å². The van der Waals surface area contributed by atoms with E-state index in [0.717, 1.165) is 21.7 Å². The Morgan fingerprint density at radius 1 is 1.06 bits per heavy atom. The van der Waals surface area contributed by atoms with Crippen molar-refractivity contribution in [1.29, 1.82) is 0 Å². The Balaban J connectivity index is 2.47. The second kappa shape index (κ2) is 11.2. The van der Waals surface area contributed by atoms with Crippen molar-refractivity contribution in [2.75, 3.05) is 17.1 Å². The molecule has 0 saturated heterocycles. The highest BCUT2D eigenvalue weighted by molar-refractivity contribution is 7.92. The smallest absolute Gasteiger partial charge is 0.244 e. The zero-order valence-corrected chi connectivity index (χ0v) is 23.5. The van der Waals surface area contributed by atoms with Crippen LogP contribution < -0.4 is 9.62 Å². The molecule has 0 aliphatic carbocycles. The molecule has 0 aromatic heterocycles. The second-order valence-electron chi connectivity index (χ2n) is 9.67. The van der Waals surface area contributed by atoms with Crippen LogP contribution in [0.15, 0.2) is 36.4 Å². The predicted octanol–water partition coefficient (Wildman–Crippen LogP) is 4.71. The molecular weight excluding hydrogens is 509 g/mol. The van der Waals surface area contributed by atoms with Crippen LogP contribution in [0.2, 0.25) is 10.0 Å². The van der Waals surface area contributed by atoms with Gasteiger partial charge in [-0.25, -0.2) is 8.42 Å². The molecule has 0 saturated carbocycles. The molecule has 2 rings (SSSR count). The number of anilines is 1. The first-order valence-electron chi connectivity index (χ1n) is 11.1. The van der Waals surface area contributed by atoms with E-state index < -0.39 is 34.1 Å². The van der Waals surface area contributed by atoms with Crippen molar-refractivity contribution in [3.05, 3.63) is 63.1 Å². The third-order valence-electron chi connectivity index (χ3n) is 5.53. The van der Waals surface area contributed by atoms with Crippen LogP contribution in [0, 0.1) is 13.8 Å². The van der Waals surface area contributed by atoms with Crippen LogP contribution in [0.3, 0.4) is 0 Å². The Morgan fingerprint density at radius 2 is 1.69 bits per heavy atom. The van der Waals surface area contributed by atoms with Gasteiger partial charge in [-0.05, 0) is 76.4 Å². The van der Waals surface area contributed by atoms with Crippen molar-refractivity contribution in [3.63, 3.8) is 0 Å². The molecule has 0 unspecified atom stereocenters. The SMILES string of the molecule is Cc1cccc(N(CC(=O)N(Cc2ccc(Cl)c(Cl)c2)[C@H](C)C(=O)NC(C)(C)C)S(C)(=O)=O)c1C. The van der Waals surface area contributed by atoms with Gasteiger partial charge < -0.3 is 10.2 Å². The molecule has 7 nitrogen and oxygen atoms in total. The van der Waals surface area contributed by atoms with Gasteiger partial charge in [-0.2, -0.15) is 0 Å². The number of benzene rings is 2. The molecule has 0 spiro atoms. The maximum Gasteiger partial charge on any atom is 0.244 e. The van der Waals surface area contributed by atoms with Gasteiger partial charge in [0.1, 0.15) is 12.6 Å². The summed E-state index contributed by atoms with van der Waals surface area (Å²) in [5.74, 6) is -0.887. The molecule has 192 valence electrons. The minimum Gasteiger partial charge on any atom is -0.350 e. The summed E-state index contributed by atoms with van der Waals surface area (Å²) in [6, 6.07) is 9.34. The van der Waals surface area contributed by atoms with Crippen molar-refractivity contribution >= 4 is 50.7 Å². The standard InChI is InChI=1S/C25H33Cl2N3O4S/c1-16-9-8-10-22(17(16)2)30(35(7,33)34)15-23(31)29(18(3)24(32)28-25(4,5)6)14-19-11-12-20(26)21(27)13-19/h8-13,18H,14-15H2,1-7H3,(H,28,32)/t18-/m1/s1. The molecule has 0 aliphatic heterocycles. The average molecular weight is 543 g/mol. The molecule has 10 heteroatoms. The van der Waals surface area contributed by atoms with E-state index in [9.17, 15) is 18.0 Å². The third-order valence-corrected chi connectivity index (χ3v) is 7.39. The number of sulfonamides is 1. The van der Waals surface area contributed by atoms with E-state index in [1.54, 1.807) is 44.2 Å². The van der Waals surface area contributed by atoms with Gasteiger partial charge in [0, 0.05) is 12.1 Å². The molecule has 0 heterocycles. The van der Waals surface area contributed by atoms with Crippen LogP contribution in [0.5, 0.6) is 0 Å². The molecule has 0 fully saturated rings. The van der Waals surface area contributed by atoms with Crippen LogP contribution >= 0.6 is 23.2 Å². The number of amides is 2. The fourth-order valence-electron chi connectivity index (χ4n) is 3.49. The number of nitrogens with one attached hydrogen (secondary N) is 1. The van der Waals surface area contributed by atoms with E-state index in [1.165, 1.54) is 4.90 Å². The predicted molar refractivity (Wildman–Crippen MR) is 142 cm³/mol. The first-order valence-corrected chi connectivity index (χ1v) is 13.7. The van der Waals surface area contributed by atoms with Crippen molar-refractivity contribution < 1.29 is 18.0 Å². The minimum atomic E-state index is -3.80. The number of aryl methyl sites for hydroxylation is 1. The van der Waals surface area contributed by atoms with Crippen LogP contribution in [0.25, 0.3) is 0 Å². The molecule has 0 bridgehead atoms. The van der Waals surface area contributed by atoms with Crippen LogP contribution in [0.1, 0.15) is 44.4 Å². The lowest BCUT2D eigenvalue weighted by Gasteiger charge is -2.33. The monoisotopic (exact) mass is 541 g/mol. The van der Waals surface area contributed by atoms with Gasteiger partial charge in [-0.3, -0.25) is 13.9 Å². The summed E-state index contributed by atoms with van der Waals surface area (Å²) in [4.78, 5) is 28.0. The van der Waals surface area contributed by atoms with E-state index in [0.29, 0.717) is 21.3 Å². The maximum atomic E-state index is 13.6. The van der Waals surface area contributed by atoms with Crippen molar-refractivity contribution in [2.45, 2.75) is 59.7 Å². The van der Waals surface area contributed by atoms with E-state index in [1.807, 2.05) is 33.8 Å². The Bertz CT molecular complexity index is 1210. The number of rotatable bonds is 8. The Hall–Kier alpha value is -2.29. The highest BCUT2D eigenvalue weighted by Gasteiger charge is 2.32. The number of hydrogen-bond acceptors (Lipinski definition) is 4. The molecule has 0 aliphatic rings. The summed E-state index contributed by atoms with van der Waals surface area (Å²) in [6.45, 7) is 10.4. The normalized spacial score (nSPS) is 12.7. The Kier molecular flexibility index (Phi) is 9.25. The molecule has 35 heavy (non-hydrogen) atoms. The minimum absolute atomic E-state index is 0.0405. The zero-order chi connectivity index (χ0) is 26.7. The molecule has 2 aromatic carbocycles. The fraction of sp³-hybridized carbons (Fsp3) is 0.440. The largest absolute Gasteiger partial charge is 0.350 e. The molecule has 2 aromatic rings. The first kappa shape index (κ1) is 28.9. The van der Waals surface area contributed by atoms with Gasteiger partial charge in [0.2, 0.25) is 21.8 Å². The van der Waals surface area contributed by atoms with Crippen LogP contribution in [0.4, 0.5) is 5.69 Å². The summed E-state index contributed by atoms with van der Waals surface area (Å²) < 4.78 is 26.5. The number of carbonyl (C=O) groups excluding carboxylic acids is 2. The molecule has 1 atom stereocenters. The summed E-state index contributed by atoms with van der Waals surface area (Å²) in [7, 11) is -3.80. The van der Waals surface area contributed by atoms with Crippen LogP contribution in [-0.4, -0.2) is 49.5 Å².